The van der Waals surface area contributed by atoms with E-state index in [0.29, 0.717) is 6.42 Å². The first-order valence-corrected chi connectivity index (χ1v) is 7.42. The van der Waals surface area contributed by atoms with Crippen LogP contribution in [0.1, 0.15) is 41.6 Å². The van der Waals surface area contributed by atoms with Crippen molar-refractivity contribution in [2.24, 2.45) is 5.73 Å². The fourth-order valence-electron chi connectivity index (χ4n) is 2.98. The predicted molar refractivity (Wildman–Crippen MR) is 90.9 cm³/mol. The molecule has 116 valence electrons. The molecule has 0 radical (unpaired) electrons. The average Bonchev–Trinajstić information content (AvgIpc) is 2.91. The molecular formula is C18H21ClN2O. The summed E-state index contributed by atoms with van der Waals surface area (Å²) in [6.45, 7) is 0. The lowest BCUT2D eigenvalue weighted by atomic mass is 10.0. The van der Waals surface area contributed by atoms with Gasteiger partial charge in [-0.1, -0.05) is 54.6 Å². The normalized spacial score (nSPS) is 17.2. The van der Waals surface area contributed by atoms with Crippen LogP contribution in [-0.2, 0) is 11.2 Å². The van der Waals surface area contributed by atoms with Gasteiger partial charge in [0, 0.05) is 12.5 Å². The van der Waals surface area contributed by atoms with Crippen LogP contribution in [0.15, 0.2) is 54.6 Å². The van der Waals surface area contributed by atoms with Crippen LogP contribution >= 0.6 is 12.4 Å². The van der Waals surface area contributed by atoms with Gasteiger partial charge in [-0.2, -0.15) is 0 Å². The van der Waals surface area contributed by atoms with Gasteiger partial charge in [0.2, 0.25) is 5.91 Å². The summed E-state index contributed by atoms with van der Waals surface area (Å²) in [4.78, 5) is 12.2. The molecule has 0 fully saturated rings. The number of carbonyl (C=O) groups is 1. The largest absolute Gasteiger partial charge is 0.349 e. The minimum absolute atomic E-state index is 0. The number of fused-ring (bicyclic) bond motifs is 1. The van der Waals surface area contributed by atoms with E-state index < -0.39 is 0 Å². The van der Waals surface area contributed by atoms with Crippen molar-refractivity contribution in [1.82, 2.24) is 5.32 Å². The average molecular weight is 317 g/mol. The Morgan fingerprint density at radius 3 is 2.59 bits per heavy atom. The number of nitrogens with one attached hydrogen (secondary N) is 1. The Hall–Kier alpha value is -1.84. The van der Waals surface area contributed by atoms with Crippen LogP contribution in [-0.4, -0.2) is 5.91 Å². The summed E-state index contributed by atoms with van der Waals surface area (Å²) in [6, 6.07) is 18.0. The number of hydrogen-bond acceptors (Lipinski definition) is 2. The maximum Gasteiger partial charge on any atom is 0.222 e. The molecule has 1 aliphatic rings. The Kier molecular flexibility index (Phi) is 5.58. The summed E-state index contributed by atoms with van der Waals surface area (Å²) in [5, 5.41) is 3.12. The second-order valence-corrected chi connectivity index (χ2v) is 5.58. The fraction of sp³-hybridized carbons (Fsp3) is 0.278. The molecule has 0 aromatic heterocycles. The molecule has 0 saturated heterocycles. The molecule has 3 N–H and O–H groups in total. The van der Waals surface area contributed by atoms with E-state index in [1.807, 2.05) is 42.5 Å². The third-order valence-electron chi connectivity index (χ3n) is 4.10. The quantitative estimate of drug-likeness (QED) is 0.909. The van der Waals surface area contributed by atoms with Crippen molar-refractivity contribution in [2.45, 2.75) is 31.3 Å². The molecule has 0 bridgehead atoms. The minimum Gasteiger partial charge on any atom is -0.349 e. The fourth-order valence-corrected chi connectivity index (χ4v) is 2.98. The van der Waals surface area contributed by atoms with Crippen LogP contribution in [0.2, 0.25) is 0 Å². The zero-order chi connectivity index (χ0) is 14.7. The second kappa shape index (κ2) is 7.43. The van der Waals surface area contributed by atoms with Gasteiger partial charge in [-0.15, -0.1) is 12.4 Å². The van der Waals surface area contributed by atoms with Crippen LogP contribution in [0.3, 0.4) is 0 Å². The van der Waals surface area contributed by atoms with Crippen molar-refractivity contribution in [3.05, 3.63) is 71.3 Å². The number of rotatable bonds is 4. The van der Waals surface area contributed by atoms with E-state index in [4.69, 9.17) is 5.73 Å². The molecule has 2 unspecified atom stereocenters. The summed E-state index contributed by atoms with van der Waals surface area (Å²) in [5.74, 6) is 0.0213. The number of amides is 1. The van der Waals surface area contributed by atoms with Crippen LogP contribution < -0.4 is 11.1 Å². The van der Waals surface area contributed by atoms with E-state index in [1.165, 1.54) is 11.1 Å². The van der Waals surface area contributed by atoms with Gasteiger partial charge in [0.15, 0.2) is 0 Å². The van der Waals surface area contributed by atoms with Crippen LogP contribution in [0.4, 0.5) is 0 Å². The molecule has 4 heteroatoms. The summed E-state index contributed by atoms with van der Waals surface area (Å²) < 4.78 is 0. The van der Waals surface area contributed by atoms with Crippen molar-refractivity contribution in [1.29, 1.82) is 0 Å². The lowest BCUT2D eigenvalue weighted by molar-refractivity contribution is -0.122. The van der Waals surface area contributed by atoms with E-state index in [2.05, 4.69) is 17.4 Å². The lowest BCUT2D eigenvalue weighted by Gasteiger charge is -2.17. The molecule has 3 rings (SSSR count). The molecule has 0 aliphatic heterocycles. The number of nitrogens with two attached hydrogens (primary N) is 1. The number of aryl methyl sites for hydroxylation is 1. The maximum absolute atomic E-state index is 12.2. The molecule has 2 aromatic carbocycles. The molecule has 22 heavy (non-hydrogen) atoms. The highest BCUT2D eigenvalue weighted by molar-refractivity contribution is 5.85. The third kappa shape index (κ3) is 3.67. The van der Waals surface area contributed by atoms with Gasteiger partial charge < -0.3 is 11.1 Å². The lowest BCUT2D eigenvalue weighted by Crippen LogP contribution is -2.30. The third-order valence-corrected chi connectivity index (χ3v) is 4.10. The second-order valence-electron chi connectivity index (χ2n) is 5.58. The van der Waals surface area contributed by atoms with Gasteiger partial charge in [0.05, 0.1) is 6.04 Å². The van der Waals surface area contributed by atoms with Gasteiger partial charge in [-0.05, 0) is 29.5 Å². The molecule has 1 aliphatic carbocycles. The summed E-state index contributed by atoms with van der Waals surface area (Å²) in [7, 11) is 0. The molecule has 3 nitrogen and oxygen atoms in total. The molecule has 0 heterocycles. The highest BCUT2D eigenvalue weighted by Crippen LogP contribution is 2.30. The zero-order valence-electron chi connectivity index (χ0n) is 12.4. The number of hydrogen-bond donors (Lipinski definition) is 2. The molecule has 2 atom stereocenters. The van der Waals surface area contributed by atoms with Crippen molar-refractivity contribution in [3.63, 3.8) is 0 Å². The van der Waals surface area contributed by atoms with Crippen molar-refractivity contribution >= 4 is 18.3 Å². The highest BCUT2D eigenvalue weighted by Gasteiger charge is 2.24. The van der Waals surface area contributed by atoms with E-state index in [-0.39, 0.29) is 30.4 Å². The summed E-state index contributed by atoms with van der Waals surface area (Å²) in [6.07, 6.45) is 2.33. The first-order chi connectivity index (χ1) is 10.2. The molecule has 1 amide bonds. The van der Waals surface area contributed by atoms with E-state index >= 15 is 0 Å². The van der Waals surface area contributed by atoms with Crippen molar-refractivity contribution in [2.75, 3.05) is 0 Å². The van der Waals surface area contributed by atoms with Crippen LogP contribution in [0.5, 0.6) is 0 Å². The first-order valence-electron chi connectivity index (χ1n) is 7.42. The number of halogens is 1. The Balaban J connectivity index is 0.00000176. The Bertz CT molecular complexity index is 630. The first kappa shape index (κ1) is 16.5. The number of carbonyl (C=O) groups excluding carboxylic acids is 1. The van der Waals surface area contributed by atoms with Gasteiger partial charge in [-0.25, -0.2) is 0 Å². The number of benzene rings is 2. The SMILES string of the molecule is Cl.NC(CC(=O)NC1CCc2ccccc21)c1ccccc1. The van der Waals surface area contributed by atoms with Gasteiger partial charge in [0.1, 0.15) is 0 Å². The summed E-state index contributed by atoms with van der Waals surface area (Å²) in [5.41, 5.74) is 9.70. The Morgan fingerprint density at radius 2 is 1.82 bits per heavy atom. The zero-order valence-corrected chi connectivity index (χ0v) is 13.2. The standard InChI is InChI=1S/C18H20N2O.ClH/c19-16(14-7-2-1-3-8-14)12-18(21)20-17-11-10-13-6-4-5-9-15(13)17;/h1-9,16-17H,10-12,19H2,(H,20,21);1H. The molecular weight excluding hydrogens is 296 g/mol. The van der Waals surface area contributed by atoms with Gasteiger partial charge >= 0.3 is 0 Å². The minimum atomic E-state index is -0.247. The molecule has 2 aromatic rings. The van der Waals surface area contributed by atoms with Crippen LogP contribution in [0, 0.1) is 0 Å². The molecule has 0 spiro atoms. The van der Waals surface area contributed by atoms with E-state index in [9.17, 15) is 4.79 Å². The summed E-state index contributed by atoms with van der Waals surface area (Å²) >= 11 is 0. The van der Waals surface area contributed by atoms with E-state index in [1.54, 1.807) is 0 Å². The van der Waals surface area contributed by atoms with Gasteiger partial charge in [0.25, 0.3) is 0 Å². The topological polar surface area (TPSA) is 55.1 Å². The smallest absolute Gasteiger partial charge is 0.222 e. The monoisotopic (exact) mass is 316 g/mol. The Labute approximate surface area is 137 Å². The Morgan fingerprint density at radius 1 is 1.14 bits per heavy atom. The van der Waals surface area contributed by atoms with Crippen molar-refractivity contribution < 1.29 is 4.79 Å². The van der Waals surface area contributed by atoms with Crippen molar-refractivity contribution in [3.8, 4) is 0 Å². The predicted octanol–water partition coefficient (Wildman–Crippen LogP) is 3.30. The maximum atomic E-state index is 12.2. The highest BCUT2D eigenvalue weighted by atomic mass is 35.5. The van der Waals surface area contributed by atoms with Gasteiger partial charge in [-0.3, -0.25) is 4.79 Å². The van der Waals surface area contributed by atoms with E-state index in [0.717, 1.165) is 18.4 Å². The molecule has 0 saturated carbocycles. The van der Waals surface area contributed by atoms with Crippen LogP contribution in [0.25, 0.3) is 0 Å².